The summed E-state index contributed by atoms with van der Waals surface area (Å²) in [5.74, 6) is -0.616. The van der Waals surface area contributed by atoms with Crippen LogP contribution >= 0.6 is 15.9 Å². The Labute approximate surface area is 101 Å². The van der Waals surface area contributed by atoms with Crippen molar-refractivity contribution in [3.05, 3.63) is 33.3 Å². The van der Waals surface area contributed by atoms with Gasteiger partial charge in [-0.3, -0.25) is 4.79 Å². The summed E-state index contributed by atoms with van der Waals surface area (Å²) in [5.41, 5.74) is 0.576. The van der Waals surface area contributed by atoms with E-state index < -0.39 is 5.97 Å². The molecule has 1 aromatic carbocycles. The number of halogens is 1. The highest BCUT2D eigenvalue weighted by atomic mass is 79.9. The summed E-state index contributed by atoms with van der Waals surface area (Å²) >= 11 is 3.12. The lowest BCUT2D eigenvalue weighted by Gasteiger charge is -2.07. The van der Waals surface area contributed by atoms with Gasteiger partial charge in [0.25, 0.3) is 0 Å². The molecule has 0 aliphatic carbocycles. The molecule has 0 unspecified atom stereocenters. The maximum Gasteiger partial charge on any atom is 0.340 e. The summed E-state index contributed by atoms with van der Waals surface area (Å²) in [6.07, 6.45) is 0.605. The van der Waals surface area contributed by atoms with Crippen molar-refractivity contribution in [2.45, 2.75) is 6.92 Å². The first-order valence-electron chi connectivity index (χ1n) is 4.50. The average molecular weight is 282 g/mol. The van der Waals surface area contributed by atoms with Crippen LogP contribution in [0.1, 0.15) is 33.2 Å². The number of esters is 1. The van der Waals surface area contributed by atoms with Crippen LogP contribution in [0, 0.1) is 11.3 Å². The Kier molecular flexibility index (Phi) is 4.20. The number of hydrogen-bond donors (Lipinski definition) is 0. The van der Waals surface area contributed by atoms with E-state index in [1.54, 1.807) is 6.92 Å². The molecule has 1 rings (SSSR count). The molecule has 1 aromatic rings. The van der Waals surface area contributed by atoms with E-state index in [1.165, 1.54) is 12.1 Å². The van der Waals surface area contributed by atoms with Gasteiger partial charge in [-0.25, -0.2) is 4.79 Å². The van der Waals surface area contributed by atoms with Crippen molar-refractivity contribution in [3.63, 3.8) is 0 Å². The molecule has 0 radical (unpaired) electrons. The van der Waals surface area contributed by atoms with Gasteiger partial charge in [-0.15, -0.1) is 0 Å². The van der Waals surface area contributed by atoms with Gasteiger partial charge in [0.05, 0.1) is 17.7 Å². The summed E-state index contributed by atoms with van der Waals surface area (Å²) in [7, 11) is 0. The molecule has 0 aromatic heterocycles. The first-order chi connectivity index (χ1) is 7.65. The fraction of sp³-hybridized carbons (Fsp3) is 0.182. The van der Waals surface area contributed by atoms with Gasteiger partial charge in [-0.1, -0.05) is 0 Å². The minimum atomic E-state index is -0.616. The molecular formula is C11H8BrNO3. The molecule has 0 amide bonds. The van der Waals surface area contributed by atoms with Crippen molar-refractivity contribution < 1.29 is 14.3 Å². The second-order valence-electron chi connectivity index (χ2n) is 2.84. The molecule has 0 N–H and O–H groups in total. The van der Waals surface area contributed by atoms with Gasteiger partial charge in [0, 0.05) is 10.0 Å². The Balaban J connectivity index is 3.38. The molecule has 5 heteroatoms. The fourth-order valence-corrected chi connectivity index (χ4v) is 1.78. The maximum atomic E-state index is 11.6. The van der Waals surface area contributed by atoms with Crippen molar-refractivity contribution >= 4 is 28.2 Å². The van der Waals surface area contributed by atoms with Crippen LogP contribution in [0.2, 0.25) is 0 Å². The molecule has 16 heavy (non-hydrogen) atoms. The highest BCUT2D eigenvalue weighted by molar-refractivity contribution is 9.10. The lowest BCUT2D eigenvalue weighted by molar-refractivity contribution is 0.0525. The molecule has 0 spiro atoms. The number of carbonyl (C=O) groups is 2. The van der Waals surface area contributed by atoms with Crippen LogP contribution in [0.4, 0.5) is 0 Å². The Morgan fingerprint density at radius 2 is 2.31 bits per heavy atom. The van der Waals surface area contributed by atoms with Crippen LogP contribution in [0.5, 0.6) is 0 Å². The predicted octanol–water partition coefficient (Wildman–Crippen LogP) is 2.31. The maximum absolute atomic E-state index is 11.6. The third-order valence-corrected chi connectivity index (χ3v) is 2.75. The van der Waals surface area contributed by atoms with Gasteiger partial charge in [-0.05, 0) is 35.0 Å². The van der Waals surface area contributed by atoms with Crippen molar-refractivity contribution in [1.29, 1.82) is 5.26 Å². The van der Waals surface area contributed by atoms with Crippen molar-refractivity contribution in [1.82, 2.24) is 0 Å². The monoisotopic (exact) mass is 281 g/mol. The Hall–Kier alpha value is -1.67. The van der Waals surface area contributed by atoms with Crippen molar-refractivity contribution in [2.24, 2.45) is 0 Å². The Morgan fingerprint density at radius 3 is 2.81 bits per heavy atom. The Bertz CT molecular complexity index is 477. The molecule has 0 aliphatic heterocycles. The molecule has 0 bridgehead atoms. The van der Waals surface area contributed by atoms with Crippen LogP contribution in [0.25, 0.3) is 0 Å². The lowest BCUT2D eigenvalue weighted by Crippen LogP contribution is -2.09. The molecular weight excluding hydrogens is 274 g/mol. The van der Waals surface area contributed by atoms with Crippen LogP contribution < -0.4 is 0 Å². The highest BCUT2D eigenvalue weighted by Gasteiger charge is 2.18. The van der Waals surface area contributed by atoms with Crippen LogP contribution in [-0.2, 0) is 4.74 Å². The van der Waals surface area contributed by atoms with E-state index in [0.717, 1.165) is 0 Å². The number of rotatable bonds is 3. The van der Waals surface area contributed by atoms with Crippen LogP contribution in [0.3, 0.4) is 0 Å². The minimum absolute atomic E-state index is 0.0916. The first-order valence-corrected chi connectivity index (χ1v) is 5.29. The zero-order valence-corrected chi connectivity index (χ0v) is 10.1. The van der Waals surface area contributed by atoms with Gasteiger partial charge >= 0.3 is 5.97 Å². The van der Waals surface area contributed by atoms with Gasteiger partial charge in [0.1, 0.15) is 6.07 Å². The molecule has 0 heterocycles. The van der Waals surface area contributed by atoms with E-state index in [0.29, 0.717) is 16.3 Å². The third kappa shape index (κ3) is 2.28. The van der Waals surface area contributed by atoms with Gasteiger partial charge in [-0.2, -0.15) is 5.26 Å². The normalized spacial score (nSPS) is 9.31. The molecule has 82 valence electrons. The lowest BCUT2D eigenvalue weighted by atomic mass is 10.1. The number of nitriles is 1. The molecule has 0 aliphatic rings. The summed E-state index contributed by atoms with van der Waals surface area (Å²) < 4.78 is 5.11. The van der Waals surface area contributed by atoms with Crippen LogP contribution in [0.15, 0.2) is 16.6 Å². The fourth-order valence-electron chi connectivity index (χ4n) is 1.18. The van der Waals surface area contributed by atoms with Gasteiger partial charge < -0.3 is 4.74 Å². The predicted molar refractivity (Wildman–Crippen MR) is 60.2 cm³/mol. The number of benzene rings is 1. The topological polar surface area (TPSA) is 67.2 Å². The SMILES string of the molecule is CCOC(=O)c1c(C#N)ccc(C=O)c1Br. The largest absolute Gasteiger partial charge is 0.462 e. The summed E-state index contributed by atoms with van der Waals surface area (Å²) in [6, 6.07) is 4.77. The number of ether oxygens (including phenoxy) is 1. The number of aldehydes is 1. The van der Waals surface area contributed by atoms with E-state index >= 15 is 0 Å². The zero-order valence-electron chi connectivity index (χ0n) is 8.49. The minimum Gasteiger partial charge on any atom is -0.462 e. The van der Waals surface area contributed by atoms with E-state index in [-0.39, 0.29) is 17.7 Å². The van der Waals surface area contributed by atoms with E-state index in [2.05, 4.69) is 15.9 Å². The van der Waals surface area contributed by atoms with Crippen molar-refractivity contribution in [3.8, 4) is 6.07 Å². The second-order valence-corrected chi connectivity index (χ2v) is 3.63. The summed E-state index contributed by atoms with van der Waals surface area (Å²) in [6.45, 7) is 1.88. The molecule has 0 atom stereocenters. The summed E-state index contributed by atoms with van der Waals surface area (Å²) in [5, 5.41) is 8.86. The summed E-state index contributed by atoms with van der Waals surface area (Å²) in [4.78, 5) is 22.3. The standard InChI is InChI=1S/C11H8BrNO3/c1-2-16-11(15)9-7(5-13)3-4-8(6-14)10(9)12/h3-4,6H,2H2,1H3. The first kappa shape index (κ1) is 12.4. The van der Waals surface area contributed by atoms with Gasteiger partial charge in [0.2, 0.25) is 0 Å². The quantitative estimate of drug-likeness (QED) is 0.630. The van der Waals surface area contributed by atoms with E-state index in [1.807, 2.05) is 6.07 Å². The number of carbonyl (C=O) groups excluding carboxylic acids is 2. The van der Waals surface area contributed by atoms with E-state index in [4.69, 9.17) is 10.00 Å². The molecule has 4 nitrogen and oxygen atoms in total. The highest BCUT2D eigenvalue weighted by Crippen LogP contribution is 2.24. The second kappa shape index (κ2) is 5.42. The number of hydrogen-bond acceptors (Lipinski definition) is 4. The van der Waals surface area contributed by atoms with Gasteiger partial charge in [0.15, 0.2) is 6.29 Å². The zero-order chi connectivity index (χ0) is 12.1. The third-order valence-electron chi connectivity index (χ3n) is 1.90. The molecule has 0 saturated heterocycles. The smallest absolute Gasteiger partial charge is 0.340 e. The molecule has 0 saturated carbocycles. The Morgan fingerprint density at radius 1 is 1.62 bits per heavy atom. The van der Waals surface area contributed by atoms with Crippen LogP contribution in [-0.4, -0.2) is 18.9 Å². The number of nitrogens with zero attached hydrogens (tertiary/aromatic N) is 1. The van der Waals surface area contributed by atoms with E-state index in [9.17, 15) is 9.59 Å². The van der Waals surface area contributed by atoms with Crippen molar-refractivity contribution in [2.75, 3.05) is 6.61 Å². The molecule has 0 fully saturated rings. The average Bonchev–Trinajstić information content (AvgIpc) is 2.28.